The molecule has 0 saturated heterocycles. The van der Waals surface area contributed by atoms with Gasteiger partial charge in [-0.15, -0.1) is 0 Å². The van der Waals surface area contributed by atoms with Crippen molar-refractivity contribution in [2.75, 3.05) is 13.7 Å². The summed E-state index contributed by atoms with van der Waals surface area (Å²) < 4.78 is 31.8. The van der Waals surface area contributed by atoms with Crippen molar-refractivity contribution in [2.24, 2.45) is 0 Å². The summed E-state index contributed by atoms with van der Waals surface area (Å²) in [5.41, 5.74) is 1.88. The molecule has 0 aromatic heterocycles. The molecule has 2 aromatic carbocycles. The highest BCUT2D eigenvalue weighted by Crippen LogP contribution is 2.40. The van der Waals surface area contributed by atoms with Crippen molar-refractivity contribution < 1.29 is 17.9 Å². The number of likely N-dealkylation sites (N-methyl/N-ethyl adjacent to an activating group) is 1. The molecule has 0 radical (unpaired) electrons. The molecule has 0 N–H and O–H groups in total. The van der Waals surface area contributed by atoms with Gasteiger partial charge >= 0.3 is 5.97 Å². The predicted octanol–water partition coefficient (Wildman–Crippen LogP) is 2.64. The van der Waals surface area contributed by atoms with Crippen LogP contribution in [0.3, 0.4) is 0 Å². The number of fused-ring (bicyclic) bond motifs is 1. The maximum absolute atomic E-state index is 12.9. The van der Waals surface area contributed by atoms with E-state index in [1.165, 1.54) is 7.11 Å². The van der Waals surface area contributed by atoms with Crippen molar-refractivity contribution in [3.8, 4) is 0 Å². The number of methoxy groups -OCH3 is 1. The van der Waals surface area contributed by atoms with Gasteiger partial charge in [0.15, 0.2) is 0 Å². The van der Waals surface area contributed by atoms with E-state index in [9.17, 15) is 13.2 Å². The number of carbonyl (C=O) groups is 1. The van der Waals surface area contributed by atoms with Crippen molar-refractivity contribution in [2.45, 2.75) is 11.8 Å². The number of hydrogen-bond acceptors (Lipinski definition) is 4. The quantitative estimate of drug-likeness (QED) is 0.804. The Hall–Kier alpha value is -2.60. The number of nitrogens with zero attached hydrogens (tertiary/aromatic N) is 1. The Balaban J connectivity index is 2.45. The molecule has 124 valence electrons. The monoisotopic (exact) mass is 343 g/mol. The highest BCUT2D eigenvalue weighted by molar-refractivity contribution is 7.89. The summed E-state index contributed by atoms with van der Waals surface area (Å²) in [6.07, 6.45) is 0. The van der Waals surface area contributed by atoms with Gasteiger partial charge in [-0.05, 0) is 18.6 Å². The molecule has 0 amide bonds. The lowest BCUT2D eigenvalue weighted by atomic mass is 9.95. The van der Waals surface area contributed by atoms with Crippen LogP contribution in [0, 0.1) is 0 Å². The van der Waals surface area contributed by atoms with Crippen LogP contribution < -0.4 is 0 Å². The average Bonchev–Trinajstić information content (AvgIpc) is 2.61. The van der Waals surface area contributed by atoms with E-state index in [4.69, 9.17) is 4.74 Å². The molecule has 0 fully saturated rings. The first-order chi connectivity index (χ1) is 11.5. The van der Waals surface area contributed by atoms with Gasteiger partial charge in [-0.2, -0.15) is 0 Å². The molecule has 24 heavy (non-hydrogen) atoms. The van der Waals surface area contributed by atoms with E-state index < -0.39 is 16.0 Å². The van der Waals surface area contributed by atoms with Crippen molar-refractivity contribution >= 4 is 21.6 Å². The van der Waals surface area contributed by atoms with Crippen LogP contribution >= 0.6 is 0 Å². The minimum Gasteiger partial charge on any atom is -0.464 e. The van der Waals surface area contributed by atoms with Crippen molar-refractivity contribution in [3.05, 3.63) is 71.4 Å². The van der Waals surface area contributed by atoms with E-state index in [0.29, 0.717) is 11.1 Å². The molecule has 3 rings (SSSR count). The third-order valence-electron chi connectivity index (χ3n) is 3.94. The second-order valence-corrected chi connectivity index (χ2v) is 7.08. The third-order valence-corrected chi connectivity index (χ3v) is 5.87. The number of benzene rings is 2. The maximum atomic E-state index is 12.9. The Bertz CT molecular complexity index is 917. The fourth-order valence-corrected chi connectivity index (χ4v) is 4.60. The molecule has 0 bridgehead atoms. The highest BCUT2D eigenvalue weighted by atomic mass is 32.2. The Kier molecular flexibility index (Phi) is 4.15. The first-order valence-electron chi connectivity index (χ1n) is 7.52. The van der Waals surface area contributed by atoms with Crippen molar-refractivity contribution in [1.82, 2.24) is 4.31 Å². The van der Waals surface area contributed by atoms with E-state index in [1.807, 2.05) is 30.3 Å². The molecule has 0 aliphatic carbocycles. The lowest BCUT2D eigenvalue weighted by molar-refractivity contribution is -0.137. The summed E-state index contributed by atoms with van der Waals surface area (Å²) in [5, 5.41) is 0. The Labute approximate surface area is 141 Å². The van der Waals surface area contributed by atoms with Crippen LogP contribution in [-0.2, 0) is 19.6 Å². The zero-order chi connectivity index (χ0) is 17.3. The second kappa shape index (κ2) is 6.13. The molecule has 6 heteroatoms. The summed E-state index contributed by atoms with van der Waals surface area (Å²) in [6.45, 7) is 1.83. The molecular formula is C18H17NO4S. The predicted molar refractivity (Wildman–Crippen MR) is 90.5 cm³/mol. The second-order valence-electron chi connectivity index (χ2n) is 5.25. The van der Waals surface area contributed by atoms with Gasteiger partial charge in [0.1, 0.15) is 5.70 Å². The van der Waals surface area contributed by atoms with Crippen molar-refractivity contribution in [3.63, 3.8) is 0 Å². The standard InChI is InChI=1S/C18H17NO4S/c1-3-19-17(18(20)23-2)16(13-9-5-4-6-10-13)14-11-7-8-12-15(14)24(19,21)22/h4-12H,3H2,1-2H3. The van der Waals surface area contributed by atoms with Gasteiger partial charge in [0.05, 0.1) is 12.0 Å². The maximum Gasteiger partial charge on any atom is 0.356 e. The van der Waals surface area contributed by atoms with Gasteiger partial charge in [0, 0.05) is 17.7 Å². The Morgan fingerprint density at radius 1 is 1.04 bits per heavy atom. The van der Waals surface area contributed by atoms with E-state index in [0.717, 1.165) is 9.87 Å². The molecule has 2 aromatic rings. The minimum atomic E-state index is -3.80. The van der Waals surface area contributed by atoms with Gasteiger partial charge < -0.3 is 4.74 Å². The van der Waals surface area contributed by atoms with Crippen LogP contribution in [0.5, 0.6) is 0 Å². The van der Waals surface area contributed by atoms with E-state index >= 15 is 0 Å². The molecule has 0 saturated carbocycles. The number of rotatable bonds is 3. The highest BCUT2D eigenvalue weighted by Gasteiger charge is 2.39. The summed E-state index contributed by atoms with van der Waals surface area (Å²) in [6, 6.07) is 16.0. The molecule has 5 nitrogen and oxygen atoms in total. The van der Waals surface area contributed by atoms with E-state index in [2.05, 4.69) is 0 Å². The first-order valence-corrected chi connectivity index (χ1v) is 8.96. The Morgan fingerprint density at radius 3 is 2.29 bits per heavy atom. The van der Waals surface area contributed by atoms with Crippen molar-refractivity contribution in [1.29, 1.82) is 0 Å². The van der Waals surface area contributed by atoms with Crippen LogP contribution in [-0.4, -0.2) is 32.3 Å². The zero-order valence-electron chi connectivity index (χ0n) is 13.4. The first kappa shape index (κ1) is 16.3. The number of esters is 1. The van der Waals surface area contributed by atoms with Gasteiger partial charge in [0.2, 0.25) is 0 Å². The number of sulfonamides is 1. The van der Waals surface area contributed by atoms with Crippen LogP contribution in [0.2, 0.25) is 0 Å². The summed E-state index contributed by atoms with van der Waals surface area (Å²) in [4.78, 5) is 12.6. The Morgan fingerprint density at radius 2 is 1.67 bits per heavy atom. The van der Waals surface area contributed by atoms with Crippen LogP contribution in [0.25, 0.3) is 5.57 Å². The fourth-order valence-electron chi connectivity index (χ4n) is 2.91. The molecule has 1 aliphatic rings. The SMILES string of the molecule is CCN1C(C(=O)OC)=C(c2ccccc2)c2ccccc2S1(=O)=O. The lowest BCUT2D eigenvalue weighted by Gasteiger charge is -2.32. The molecule has 1 aliphatic heterocycles. The van der Waals surface area contributed by atoms with E-state index in [-0.39, 0.29) is 17.1 Å². The summed E-state index contributed by atoms with van der Waals surface area (Å²) in [5.74, 6) is -0.672. The third kappa shape index (κ3) is 2.39. The number of hydrogen-bond donors (Lipinski definition) is 0. The largest absolute Gasteiger partial charge is 0.464 e. The average molecular weight is 343 g/mol. The number of ether oxygens (including phenoxy) is 1. The molecule has 0 spiro atoms. The van der Waals surface area contributed by atoms with Gasteiger partial charge in [0.25, 0.3) is 10.0 Å². The van der Waals surface area contributed by atoms with Gasteiger partial charge in [-0.1, -0.05) is 48.5 Å². The zero-order valence-corrected chi connectivity index (χ0v) is 14.2. The topological polar surface area (TPSA) is 63.7 Å². The smallest absolute Gasteiger partial charge is 0.356 e. The molecule has 0 unspecified atom stereocenters. The minimum absolute atomic E-state index is 0.0462. The normalized spacial score (nSPS) is 15.8. The summed E-state index contributed by atoms with van der Waals surface area (Å²) in [7, 11) is -2.55. The van der Waals surface area contributed by atoms with Crippen LogP contribution in [0.1, 0.15) is 18.1 Å². The molecule has 1 heterocycles. The van der Waals surface area contributed by atoms with Crippen LogP contribution in [0.15, 0.2) is 65.2 Å². The van der Waals surface area contributed by atoms with E-state index in [1.54, 1.807) is 31.2 Å². The number of carbonyl (C=O) groups excluding carboxylic acids is 1. The van der Waals surface area contributed by atoms with Crippen LogP contribution in [0.4, 0.5) is 0 Å². The lowest BCUT2D eigenvalue weighted by Crippen LogP contribution is -2.38. The van der Waals surface area contributed by atoms with Gasteiger partial charge in [-0.3, -0.25) is 4.31 Å². The molecule has 0 atom stereocenters. The summed E-state index contributed by atoms with van der Waals surface area (Å²) >= 11 is 0. The van der Waals surface area contributed by atoms with Gasteiger partial charge in [-0.25, -0.2) is 13.2 Å². The fraction of sp³-hybridized carbons (Fsp3) is 0.167. The molecular weight excluding hydrogens is 326 g/mol.